The molecule has 1 aliphatic rings. The predicted molar refractivity (Wildman–Crippen MR) is 110 cm³/mol. The van der Waals surface area contributed by atoms with Crippen LogP contribution in [0.4, 0.5) is 0 Å². The van der Waals surface area contributed by atoms with Gasteiger partial charge in [-0.2, -0.15) is 0 Å². The molecule has 7 nitrogen and oxygen atoms in total. The summed E-state index contributed by atoms with van der Waals surface area (Å²) in [5, 5.41) is 0. The van der Waals surface area contributed by atoms with E-state index in [1.165, 1.54) is 12.7 Å². The average molecular weight is 402 g/mol. The zero-order valence-electron chi connectivity index (χ0n) is 17.8. The maximum Gasteiger partial charge on any atom is 0.275 e. The fourth-order valence-corrected chi connectivity index (χ4v) is 3.56. The van der Waals surface area contributed by atoms with Crippen LogP contribution in [0.25, 0.3) is 0 Å². The summed E-state index contributed by atoms with van der Waals surface area (Å²) < 4.78 is 16.5. The van der Waals surface area contributed by atoms with Crippen molar-refractivity contribution in [2.24, 2.45) is 0 Å². The van der Waals surface area contributed by atoms with E-state index < -0.39 is 0 Å². The molecule has 0 saturated carbocycles. The largest absolute Gasteiger partial charge is 0.497 e. The second-order valence-corrected chi connectivity index (χ2v) is 7.66. The summed E-state index contributed by atoms with van der Waals surface area (Å²) in [6, 6.07) is 6.02. The molecule has 0 unspecified atom stereocenters. The second kappa shape index (κ2) is 9.78. The van der Waals surface area contributed by atoms with Gasteiger partial charge in [0.2, 0.25) is 5.89 Å². The van der Waals surface area contributed by atoms with E-state index >= 15 is 0 Å². The number of likely N-dealkylation sites (tertiary alicyclic amines) is 1. The Morgan fingerprint density at radius 1 is 1.17 bits per heavy atom. The maximum atomic E-state index is 12.6. The quantitative estimate of drug-likeness (QED) is 0.671. The summed E-state index contributed by atoms with van der Waals surface area (Å²) in [5.41, 5.74) is 1.42. The number of oxazole rings is 1. The van der Waals surface area contributed by atoms with Crippen molar-refractivity contribution in [3.05, 3.63) is 41.6 Å². The Balaban J connectivity index is 1.71. The molecule has 3 rings (SSSR count). The minimum atomic E-state index is -0.0368. The first-order valence-corrected chi connectivity index (χ1v) is 10.2. The summed E-state index contributed by atoms with van der Waals surface area (Å²) in [4.78, 5) is 21.2. The lowest BCUT2D eigenvalue weighted by atomic mass is 10.1. The number of nitrogens with zero attached hydrogens (tertiary/aromatic N) is 3. The van der Waals surface area contributed by atoms with Crippen LogP contribution in [0.2, 0.25) is 0 Å². The van der Waals surface area contributed by atoms with Crippen molar-refractivity contribution in [2.75, 3.05) is 27.3 Å². The molecular weight excluding hydrogens is 370 g/mol. The summed E-state index contributed by atoms with van der Waals surface area (Å²) in [6.45, 7) is 7.00. The van der Waals surface area contributed by atoms with E-state index in [0.717, 1.165) is 43.0 Å². The molecule has 7 heteroatoms. The van der Waals surface area contributed by atoms with Crippen LogP contribution in [-0.2, 0) is 13.1 Å². The lowest BCUT2D eigenvalue weighted by molar-refractivity contribution is 0.0718. The van der Waals surface area contributed by atoms with Crippen LogP contribution in [0.3, 0.4) is 0 Å². The fourth-order valence-electron chi connectivity index (χ4n) is 3.56. The van der Waals surface area contributed by atoms with Crippen molar-refractivity contribution in [3.8, 4) is 11.5 Å². The number of carbonyl (C=O) groups is 1. The van der Waals surface area contributed by atoms with E-state index in [1.54, 1.807) is 14.2 Å². The molecule has 2 aromatic rings. The van der Waals surface area contributed by atoms with E-state index in [-0.39, 0.29) is 11.9 Å². The minimum Gasteiger partial charge on any atom is -0.497 e. The van der Waals surface area contributed by atoms with Crippen LogP contribution >= 0.6 is 0 Å². The van der Waals surface area contributed by atoms with Gasteiger partial charge in [-0.1, -0.05) is 0 Å². The number of hydrogen-bond donors (Lipinski definition) is 0. The van der Waals surface area contributed by atoms with Crippen molar-refractivity contribution >= 4 is 5.91 Å². The summed E-state index contributed by atoms with van der Waals surface area (Å²) in [7, 11) is 3.32. The molecule has 0 spiro atoms. The van der Waals surface area contributed by atoms with Gasteiger partial charge in [0.15, 0.2) is 5.69 Å². The highest BCUT2D eigenvalue weighted by Crippen LogP contribution is 2.26. The number of rotatable bonds is 8. The highest BCUT2D eigenvalue weighted by molar-refractivity contribution is 5.92. The van der Waals surface area contributed by atoms with Crippen LogP contribution < -0.4 is 9.47 Å². The van der Waals surface area contributed by atoms with Gasteiger partial charge < -0.3 is 18.8 Å². The van der Waals surface area contributed by atoms with Crippen molar-refractivity contribution in [1.82, 2.24) is 14.8 Å². The third kappa shape index (κ3) is 5.29. The number of ether oxygens (including phenoxy) is 2. The molecule has 0 bridgehead atoms. The van der Waals surface area contributed by atoms with Gasteiger partial charge in [0, 0.05) is 31.2 Å². The molecular formula is C22H31N3O4. The van der Waals surface area contributed by atoms with E-state index in [9.17, 15) is 4.79 Å². The first-order valence-electron chi connectivity index (χ1n) is 10.2. The Labute approximate surface area is 172 Å². The molecule has 29 heavy (non-hydrogen) atoms. The molecule has 158 valence electrons. The Kier molecular flexibility index (Phi) is 7.14. The number of aromatic nitrogens is 1. The Morgan fingerprint density at radius 2 is 1.93 bits per heavy atom. The first kappa shape index (κ1) is 21.2. The zero-order chi connectivity index (χ0) is 20.8. The summed E-state index contributed by atoms with van der Waals surface area (Å²) in [5.74, 6) is 2.10. The fraction of sp³-hybridized carbons (Fsp3) is 0.545. The molecule has 1 aromatic heterocycles. The monoisotopic (exact) mass is 401 g/mol. The number of amides is 1. The van der Waals surface area contributed by atoms with Gasteiger partial charge in [-0.3, -0.25) is 9.69 Å². The summed E-state index contributed by atoms with van der Waals surface area (Å²) >= 11 is 0. The van der Waals surface area contributed by atoms with Crippen LogP contribution in [0.15, 0.2) is 28.9 Å². The SMILES string of the molecule is COc1ccc(OC)c(CN(Cc2nc(C(=O)N3CCCCC3)co2)C(C)C)c1. The van der Waals surface area contributed by atoms with Gasteiger partial charge in [0.25, 0.3) is 5.91 Å². The number of piperidine rings is 1. The van der Waals surface area contributed by atoms with Gasteiger partial charge in [0.05, 0.1) is 20.8 Å². The molecule has 1 saturated heterocycles. The Bertz CT molecular complexity index is 812. The number of carbonyl (C=O) groups excluding carboxylic acids is 1. The van der Waals surface area contributed by atoms with Crippen molar-refractivity contribution in [3.63, 3.8) is 0 Å². The van der Waals surface area contributed by atoms with E-state index in [2.05, 4.69) is 23.7 Å². The molecule has 1 aliphatic heterocycles. The van der Waals surface area contributed by atoms with E-state index in [1.807, 2.05) is 23.1 Å². The van der Waals surface area contributed by atoms with Crippen molar-refractivity contribution in [2.45, 2.75) is 52.2 Å². The highest BCUT2D eigenvalue weighted by Gasteiger charge is 2.23. The Hall–Kier alpha value is -2.54. The lowest BCUT2D eigenvalue weighted by Gasteiger charge is -2.26. The third-order valence-electron chi connectivity index (χ3n) is 5.34. The van der Waals surface area contributed by atoms with Crippen LogP contribution in [0, 0.1) is 0 Å². The molecule has 1 amide bonds. The smallest absolute Gasteiger partial charge is 0.275 e. The first-order chi connectivity index (χ1) is 14.0. The van der Waals surface area contributed by atoms with Gasteiger partial charge in [-0.15, -0.1) is 0 Å². The molecule has 2 heterocycles. The second-order valence-electron chi connectivity index (χ2n) is 7.66. The normalized spacial score (nSPS) is 14.5. The van der Waals surface area contributed by atoms with Crippen LogP contribution in [0.1, 0.15) is 55.1 Å². The zero-order valence-corrected chi connectivity index (χ0v) is 17.8. The van der Waals surface area contributed by atoms with E-state index in [4.69, 9.17) is 13.9 Å². The summed E-state index contributed by atoms with van der Waals surface area (Å²) in [6.07, 6.45) is 4.78. The van der Waals surface area contributed by atoms with Gasteiger partial charge >= 0.3 is 0 Å². The molecule has 1 aromatic carbocycles. The molecule has 0 N–H and O–H groups in total. The van der Waals surface area contributed by atoms with Crippen LogP contribution in [-0.4, -0.2) is 54.0 Å². The number of hydrogen-bond acceptors (Lipinski definition) is 6. The molecule has 0 radical (unpaired) electrons. The molecule has 0 atom stereocenters. The lowest BCUT2D eigenvalue weighted by Crippen LogP contribution is -2.35. The average Bonchev–Trinajstić information content (AvgIpc) is 3.21. The van der Waals surface area contributed by atoms with Gasteiger partial charge in [-0.25, -0.2) is 4.98 Å². The van der Waals surface area contributed by atoms with Gasteiger partial charge in [-0.05, 0) is 51.3 Å². The minimum absolute atomic E-state index is 0.0368. The number of benzene rings is 1. The molecule has 1 fully saturated rings. The standard InChI is InChI=1S/C22H31N3O4/c1-16(2)25(13-17-12-18(27-3)8-9-20(17)28-4)14-21-23-19(15-29-21)22(26)24-10-6-5-7-11-24/h8-9,12,15-16H,5-7,10-11,13-14H2,1-4H3. The highest BCUT2D eigenvalue weighted by atomic mass is 16.5. The third-order valence-corrected chi connectivity index (χ3v) is 5.34. The predicted octanol–water partition coefficient (Wildman–Crippen LogP) is 3.73. The van der Waals surface area contributed by atoms with E-state index in [0.29, 0.717) is 24.7 Å². The van der Waals surface area contributed by atoms with Crippen LogP contribution in [0.5, 0.6) is 11.5 Å². The van der Waals surface area contributed by atoms with Crippen molar-refractivity contribution in [1.29, 1.82) is 0 Å². The Morgan fingerprint density at radius 3 is 2.59 bits per heavy atom. The van der Waals surface area contributed by atoms with Crippen molar-refractivity contribution < 1.29 is 18.7 Å². The maximum absolute atomic E-state index is 12.6. The topological polar surface area (TPSA) is 68.0 Å². The van der Waals surface area contributed by atoms with Gasteiger partial charge in [0.1, 0.15) is 17.8 Å². The molecule has 0 aliphatic carbocycles. The number of methoxy groups -OCH3 is 2.